The summed E-state index contributed by atoms with van der Waals surface area (Å²) in [6.07, 6.45) is 9.48. The van der Waals surface area contributed by atoms with Crippen molar-refractivity contribution >= 4 is 11.8 Å². The normalized spacial score (nSPS) is 18.9. The molecule has 3 rings (SSSR count). The third kappa shape index (κ3) is 2.96. The Morgan fingerprint density at radius 1 is 1.30 bits per heavy atom. The van der Waals surface area contributed by atoms with Gasteiger partial charge in [0.25, 0.3) is 0 Å². The van der Waals surface area contributed by atoms with Crippen LogP contribution in [0.5, 0.6) is 5.75 Å². The molecule has 0 bridgehead atoms. The molecule has 1 aromatic rings. The highest BCUT2D eigenvalue weighted by Gasteiger charge is 2.16. The summed E-state index contributed by atoms with van der Waals surface area (Å²) in [6, 6.07) is 2.00. The highest BCUT2D eigenvalue weighted by atomic mass is 16.5. The molecular weight excluding hydrogens is 252 g/mol. The summed E-state index contributed by atoms with van der Waals surface area (Å²) < 4.78 is 11.3. The van der Waals surface area contributed by atoms with Gasteiger partial charge in [-0.3, -0.25) is 9.98 Å². The molecule has 104 valence electrons. The largest absolute Gasteiger partial charge is 0.489 e. The van der Waals surface area contributed by atoms with Crippen LogP contribution in [0.25, 0.3) is 5.57 Å². The van der Waals surface area contributed by atoms with E-state index in [4.69, 9.17) is 9.47 Å². The first-order valence-electron chi connectivity index (χ1n) is 6.91. The summed E-state index contributed by atoms with van der Waals surface area (Å²) in [5.41, 5.74) is 3.09. The van der Waals surface area contributed by atoms with E-state index in [0.717, 1.165) is 48.5 Å². The van der Waals surface area contributed by atoms with E-state index in [2.05, 4.69) is 16.6 Å². The van der Waals surface area contributed by atoms with Crippen molar-refractivity contribution in [3.8, 4) is 5.75 Å². The lowest BCUT2D eigenvalue weighted by Gasteiger charge is -2.23. The molecule has 2 aliphatic heterocycles. The fourth-order valence-corrected chi connectivity index (χ4v) is 2.36. The van der Waals surface area contributed by atoms with Crippen molar-refractivity contribution in [2.24, 2.45) is 4.99 Å². The Bertz CT molecular complexity index is 557. The van der Waals surface area contributed by atoms with Crippen LogP contribution in [0.1, 0.15) is 18.4 Å². The maximum Gasteiger partial charge on any atom is 0.138 e. The van der Waals surface area contributed by atoms with Gasteiger partial charge in [0.1, 0.15) is 11.9 Å². The number of allylic oxidation sites excluding steroid dienone is 1. The quantitative estimate of drug-likeness (QED) is 0.845. The smallest absolute Gasteiger partial charge is 0.138 e. The lowest BCUT2D eigenvalue weighted by molar-refractivity contribution is 0.0254. The van der Waals surface area contributed by atoms with Crippen molar-refractivity contribution in [2.45, 2.75) is 18.9 Å². The van der Waals surface area contributed by atoms with Crippen molar-refractivity contribution in [1.82, 2.24) is 4.98 Å². The summed E-state index contributed by atoms with van der Waals surface area (Å²) >= 11 is 0. The van der Waals surface area contributed by atoms with E-state index in [1.54, 1.807) is 6.20 Å². The van der Waals surface area contributed by atoms with Crippen LogP contribution in [-0.2, 0) is 4.74 Å². The zero-order chi connectivity index (χ0) is 13.8. The van der Waals surface area contributed by atoms with E-state index < -0.39 is 0 Å². The van der Waals surface area contributed by atoms with E-state index in [1.165, 1.54) is 0 Å². The van der Waals surface area contributed by atoms with E-state index in [9.17, 15) is 0 Å². The molecule has 0 aliphatic carbocycles. The highest BCUT2D eigenvalue weighted by Crippen LogP contribution is 2.26. The summed E-state index contributed by atoms with van der Waals surface area (Å²) in [7, 11) is 0. The van der Waals surface area contributed by atoms with Gasteiger partial charge in [0.2, 0.25) is 0 Å². The summed E-state index contributed by atoms with van der Waals surface area (Å²) in [5.74, 6) is 0.801. The molecule has 4 heteroatoms. The number of pyridine rings is 1. The van der Waals surface area contributed by atoms with E-state index in [1.807, 2.05) is 24.6 Å². The van der Waals surface area contributed by atoms with Gasteiger partial charge < -0.3 is 9.47 Å². The van der Waals surface area contributed by atoms with Crippen LogP contribution in [0, 0.1) is 0 Å². The minimum atomic E-state index is 0.225. The fraction of sp³-hybridized carbons (Fsp3) is 0.375. The molecule has 0 saturated carbocycles. The van der Waals surface area contributed by atoms with Gasteiger partial charge in [-0.15, -0.1) is 0 Å². The molecule has 0 atom stereocenters. The third-order valence-corrected chi connectivity index (χ3v) is 3.56. The zero-order valence-electron chi connectivity index (χ0n) is 11.4. The molecule has 1 saturated heterocycles. The second-order valence-electron chi connectivity index (χ2n) is 5.00. The summed E-state index contributed by atoms with van der Waals surface area (Å²) in [4.78, 5) is 8.44. The third-order valence-electron chi connectivity index (χ3n) is 3.56. The van der Waals surface area contributed by atoms with Gasteiger partial charge in [-0.1, -0.05) is 6.58 Å². The van der Waals surface area contributed by atoms with Crippen molar-refractivity contribution in [2.75, 3.05) is 19.8 Å². The molecule has 0 radical (unpaired) electrons. The SMILES string of the molecule is C=C(C1=CC=NC1)c1cncc(OC2CCOCC2)c1. The molecule has 0 spiro atoms. The van der Waals surface area contributed by atoms with Gasteiger partial charge in [-0.2, -0.15) is 0 Å². The summed E-state index contributed by atoms with van der Waals surface area (Å²) in [6.45, 7) is 6.37. The first-order valence-corrected chi connectivity index (χ1v) is 6.91. The second kappa shape index (κ2) is 6.01. The standard InChI is InChI=1S/C16H18N2O2/c1-12(13-2-5-17-9-13)14-8-16(11-18-10-14)20-15-3-6-19-7-4-15/h2,5,8,10-11,15H,1,3-4,6-7,9H2. The predicted octanol–water partition coefficient (Wildman–Crippen LogP) is 2.66. The fourth-order valence-electron chi connectivity index (χ4n) is 2.36. The van der Waals surface area contributed by atoms with Gasteiger partial charge in [-0.25, -0.2) is 0 Å². The summed E-state index contributed by atoms with van der Waals surface area (Å²) in [5, 5.41) is 0. The maximum absolute atomic E-state index is 5.97. The molecule has 3 heterocycles. The van der Waals surface area contributed by atoms with Crippen molar-refractivity contribution in [1.29, 1.82) is 0 Å². The minimum Gasteiger partial charge on any atom is -0.489 e. The molecule has 20 heavy (non-hydrogen) atoms. The van der Waals surface area contributed by atoms with Gasteiger partial charge >= 0.3 is 0 Å². The second-order valence-corrected chi connectivity index (χ2v) is 5.00. The van der Waals surface area contributed by atoms with Crippen molar-refractivity contribution in [3.05, 3.63) is 42.3 Å². The average molecular weight is 270 g/mol. The van der Waals surface area contributed by atoms with Crippen LogP contribution >= 0.6 is 0 Å². The number of nitrogens with zero attached hydrogens (tertiary/aromatic N) is 2. The van der Waals surface area contributed by atoms with Gasteiger partial charge in [0.15, 0.2) is 0 Å². The average Bonchev–Trinajstić information content (AvgIpc) is 3.02. The number of aromatic nitrogens is 1. The number of aliphatic imine (C=N–C) groups is 1. The molecular formula is C16H18N2O2. The maximum atomic E-state index is 5.97. The Balaban J connectivity index is 1.70. The minimum absolute atomic E-state index is 0.225. The lowest BCUT2D eigenvalue weighted by atomic mass is 10.0. The molecule has 2 aliphatic rings. The van der Waals surface area contributed by atoms with E-state index >= 15 is 0 Å². The number of ether oxygens (including phenoxy) is 2. The molecule has 4 nitrogen and oxygen atoms in total. The predicted molar refractivity (Wildman–Crippen MR) is 79.2 cm³/mol. The van der Waals surface area contributed by atoms with Gasteiger partial charge in [0.05, 0.1) is 26.0 Å². The van der Waals surface area contributed by atoms with Crippen molar-refractivity contribution < 1.29 is 9.47 Å². The molecule has 0 N–H and O–H groups in total. The number of hydrogen-bond donors (Lipinski definition) is 0. The van der Waals surface area contributed by atoms with Crippen molar-refractivity contribution in [3.63, 3.8) is 0 Å². The Morgan fingerprint density at radius 2 is 2.15 bits per heavy atom. The van der Waals surface area contributed by atoms with Crippen LogP contribution < -0.4 is 4.74 Å². The highest BCUT2D eigenvalue weighted by molar-refractivity contribution is 5.87. The van der Waals surface area contributed by atoms with Gasteiger partial charge in [0, 0.05) is 30.8 Å². The topological polar surface area (TPSA) is 43.7 Å². The van der Waals surface area contributed by atoms with Crippen LogP contribution in [-0.4, -0.2) is 37.1 Å². The van der Waals surface area contributed by atoms with E-state index in [-0.39, 0.29) is 6.10 Å². The van der Waals surface area contributed by atoms with Crippen LogP contribution in [0.15, 0.2) is 41.7 Å². The number of rotatable bonds is 4. The monoisotopic (exact) mass is 270 g/mol. The van der Waals surface area contributed by atoms with Crippen LogP contribution in [0.4, 0.5) is 0 Å². The Hall–Kier alpha value is -1.94. The molecule has 0 amide bonds. The first-order chi connectivity index (χ1) is 9.83. The molecule has 0 aromatic carbocycles. The Kier molecular flexibility index (Phi) is 3.92. The Labute approximate surface area is 118 Å². The van der Waals surface area contributed by atoms with Gasteiger partial charge in [-0.05, 0) is 23.3 Å². The van der Waals surface area contributed by atoms with Crippen LogP contribution in [0.2, 0.25) is 0 Å². The van der Waals surface area contributed by atoms with E-state index in [0.29, 0.717) is 6.54 Å². The Morgan fingerprint density at radius 3 is 2.90 bits per heavy atom. The zero-order valence-corrected chi connectivity index (χ0v) is 11.4. The molecule has 1 aromatic heterocycles. The molecule has 1 fully saturated rings. The molecule has 0 unspecified atom stereocenters. The van der Waals surface area contributed by atoms with Crippen LogP contribution in [0.3, 0.4) is 0 Å². The lowest BCUT2D eigenvalue weighted by Crippen LogP contribution is -2.25. The first kappa shape index (κ1) is 13.1. The number of hydrogen-bond acceptors (Lipinski definition) is 4.